The molecule has 2 aromatic carbocycles. The molecule has 0 aromatic heterocycles. The second-order valence-electron chi connectivity index (χ2n) is 3.42. The van der Waals surface area contributed by atoms with Crippen molar-refractivity contribution in [2.45, 2.75) is 0 Å². The highest BCUT2D eigenvalue weighted by Gasteiger charge is 2.15. The Morgan fingerprint density at radius 2 is 1.50 bits per heavy atom. The topological polar surface area (TPSA) is 52.0 Å². The summed E-state index contributed by atoms with van der Waals surface area (Å²) in [4.78, 5) is 0. The summed E-state index contributed by atoms with van der Waals surface area (Å²) in [5, 5.41) is 0. The molecule has 4 N–H and O–H groups in total. The fourth-order valence-electron chi connectivity index (χ4n) is 1.51. The van der Waals surface area contributed by atoms with Crippen molar-refractivity contribution in [2.75, 3.05) is 11.5 Å². The summed E-state index contributed by atoms with van der Waals surface area (Å²) in [5.41, 5.74) is 10.8. The molecule has 0 aliphatic rings. The first-order valence-electron chi connectivity index (χ1n) is 4.69. The second-order valence-corrected chi connectivity index (χ2v) is 3.42. The van der Waals surface area contributed by atoms with Crippen molar-refractivity contribution in [1.82, 2.24) is 0 Å². The first-order chi connectivity index (χ1) is 7.61. The molecule has 0 aliphatic carbocycles. The SMILES string of the molecule is Nc1cc(-c2ccccc2)c(F)c(N)c1F. The van der Waals surface area contributed by atoms with Crippen LogP contribution in [0.2, 0.25) is 0 Å². The van der Waals surface area contributed by atoms with Crippen LogP contribution in [-0.2, 0) is 0 Å². The highest BCUT2D eigenvalue weighted by atomic mass is 19.1. The van der Waals surface area contributed by atoms with Crippen molar-refractivity contribution in [3.8, 4) is 11.1 Å². The van der Waals surface area contributed by atoms with Gasteiger partial charge in [-0.05, 0) is 11.6 Å². The van der Waals surface area contributed by atoms with Gasteiger partial charge in [0.05, 0.1) is 5.69 Å². The predicted molar refractivity (Wildman–Crippen MR) is 60.6 cm³/mol. The van der Waals surface area contributed by atoms with E-state index in [2.05, 4.69) is 0 Å². The number of nitrogens with two attached hydrogens (primary N) is 2. The van der Waals surface area contributed by atoms with E-state index in [4.69, 9.17) is 11.5 Å². The fourth-order valence-corrected chi connectivity index (χ4v) is 1.51. The number of anilines is 2. The van der Waals surface area contributed by atoms with E-state index < -0.39 is 17.3 Å². The van der Waals surface area contributed by atoms with Gasteiger partial charge in [0.1, 0.15) is 5.69 Å². The summed E-state index contributed by atoms with van der Waals surface area (Å²) < 4.78 is 26.9. The molecule has 0 amide bonds. The van der Waals surface area contributed by atoms with E-state index in [-0.39, 0.29) is 11.3 Å². The lowest BCUT2D eigenvalue weighted by Gasteiger charge is -2.08. The Balaban J connectivity index is 2.68. The van der Waals surface area contributed by atoms with Gasteiger partial charge in [-0.1, -0.05) is 30.3 Å². The molecule has 0 fully saturated rings. The van der Waals surface area contributed by atoms with Gasteiger partial charge in [0.25, 0.3) is 0 Å². The molecule has 0 bridgehead atoms. The van der Waals surface area contributed by atoms with E-state index >= 15 is 0 Å². The van der Waals surface area contributed by atoms with Crippen LogP contribution in [0, 0.1) is 11.6 Å². The van der Waals surface area contributed by atoms with Crippen molar-refractivity contribution in [3.05, 3.63) is 48.0 Å². The molecule has 16 heavy (non-hydrogen) atoms. The Bertz CT molecular complexity index is 524. The van der Waals surface area contributed by atoms with Crippen molar-refractivity contribution < 1.29 is 8.78 Å². The fraction of sp³-hybridized carbons (Fsp3) is 0. The number of rotatable bonds is 1. The van der Waals surface area contributed by atoms with Gasteiger partial charge in [0.15, 0.2) is 11.6 Å². The van der Waals surface area contributed by atoms with Gasteiger partial charge >= 0.3 is 0 Å². The van der Waals surface area contributed by atoms with Crippen LogP contribution in [0.25, 0.3) is 11.1 Å². The predicted octanol–water partition coefficient (Wildman–Crippen LogP) is 2.80. The summed E-state index contributed by atoms with van der Waals surface area (Å²) in [7, 11) is 0. The van der Waals surface area contributed by atoms with E-state index in [0.29, 0.717) is 5.56 Å². The van der Waals surface area contributed by atoms with Crippen LogP contribution in [0.1, 0.15) is 0 Å². The monoisotopic (exact) mass is 220 g/mol. The van der Waals surface area contributed by atoms with Gasteiger partial charge in [0, 0.05) is 5.56 Å². The Morgan fingerprint density at radius 3 is 2.12 bits per heavy atom. The maximum Gasteiger partial charge on any atom is 0.171 e. The molecule has 0 spiro atoms. The zero-order chi connectivity index (χ0) is 11.7. The van der Waals surface area contributed by atoms with Gasteiger partial charge in [-0.3, -0.25) is 0 Å². The van der Waals surface area contributed by atoms with Crippen molar-refractivity contribution in [1.29, 1.82) is 0 Å². The number of hydrogen-bond donors (Lipinski definition) is 2. The van der Waals surface area contributed by atoms with Crippen LogP contribution in [0.3, 0.4) is 0 Å². The van der Waals surface area contributed by atoms with Gasteiger partial charge in [-0.25, -0.2) is 8.78 Å². The third-order valence-corrected chi connectivity index (χ3v) is 2.35. The normalized spacial score (nSPS) is 10.4. The largest absolute Gasteiger partial charge is 0.396 e. The maximum atomic E-state index is 13.7. The Morgan fingerprint density at radius 1 is 0.875 bits per heavy atom. The minimum Gasteiger partial charge on any atom is -0.396 e. The number of hydrogen-bond acceptors (Lipinski definition) is 2. The average Bonchev–Trinajstić information content (AvgIpc) is 2.32. The molecule has 0 atom stereocenters. The molecule has 0 saturated heterocycles. The summed E-state index contributed by atoms with van der Waals surface area (Å²) in [6.45, 7) is 0. The smallest absolute Gasteiger partial charge is 0.171 e. The van der Waals surface area contributed by atoms with Gasteiger partial charge in [-0.2, -0.15) is 0 Å². The molecule has 0 aliphatic heterocycles. The van der Waals surface area contributed by atoms with Crippen LogP contribution in [-0.4, -0.2) is 0 Å². The van der Waals surface area contributed by atoms with E-state index in [0.717, 1.165) is 0 Å². The third-order valence-electron chi connectivity index (χ3n) is 2.35. The molecule has 2 rings (SSSR count). The quantitative estimate of drug-likeness (QED) is 0.726. The number of nitrogen functional groups attached to an aromatic ring is 2. The first-order valence-corrected chi connectivity index (χ1v) is 4.69. The highest BCUT2D eigenvalue weighted by molar-refractivity contribution is 5.73. The van der Waals surface area contributed by atoms with E-state index in [9.17, 15) is 8.78 Å². The molecular formula is C12H10F2N2. The van der Waals surface area contributed by atoms with Crippen molar-refractivity contribution in [2.24, 2.45) is 0 Å². The van der Waals surface area contributed by atoms with E-state index in [1.54, 1.807) is 30.3 Å². The zero-order valence-electron chi connectivity index (χ0n) is 8.37. The van der Waals surface area contributed by atoms with Gasteiger partial charge in [0.2, 0.25) is 0 Å². The Labute approximate surface area is 91.5 Å². The Kier molecular flexibility index (Phi) is 2.48. The lowest BCUT2D eigenvalue weighted by molar-refractivity contribution is 0.597. The number of benzene rings is 2. The van der Waals surface area contributed by atoms with E-state index in [1.165, 1.54) is 6.07 Å². The van der Waals surface area contributed by atoms with Crippen molar-refractivity contribution in [3.63, 3.8) is 0 Å². The molecule has 0 heterocycles. The molecule has 82 valence electrons. The third kappa shape index (κ3) is 1.58. The maximum absolute atomic E-state index is 13.7. The summed E-state index contributed by atoms with van der Waals surface area (Å²) in [6, 6.07) is 9.97. The van der Waals surface area contributed by atoms with Gasteiger partial charge < -0.3 is 11.5 Å². The van der Waals surface area contributed by atoms with Crippen LogP contribution >= 0.6 is 0 Å². The summed E-state index contributed by atoms with van der Waals surface area (Å²) in [5.74, 6) is -1.69. The second kappa shape index (κ2) is 3.81. The summed E-state index contributed by atoms with van der Waals surface area (Å²) in [6.07, 6.45) is 0. The first kappa shape index (κ1) is 10.4. The van der Waals surface area contributed by atoms with Crippen LogP contribution in [0.4, 0.5) is 20.2 Å². The van der Waals surface area contributed by atoms with Crippen molar-refractivity contribution >= 4 is 11.4 Å². The lowest BCUT2D eigenvalue weighted by Crippen LogP contribution is -2.02. The van der Waals surface area contributed by atoms with Crippen LogP contribution in [0.5, 0.6) is 0 Å². The molecule has 4 heteroatoms. The molecule has 2 nitrogen and oxygen atoms in total. The molecule has 0 unspecified atom stereocenters. The van der Waals surface area contributed by atoms with E-state index in [1.807, 2.05) is 0 Å². The zero-order valence-corrected chi connectivity index (χ0v) is 8.37. The van der Waals surface area contributed by atoms with Crippen LogP contribution in [0.15, 0.2) is 36.4 Å². The standard InChI is InChI=1S/C12H10F2N2/c13-10-8(7-4-2-1-3-5-7)6-9(15)11(14)12(10)16/h1-6H,15-16H2. The number of halogens is 2. The van der Waals surface area contributed by atoms with Gasteiger partial charge in [-0.15, -0.1) is 0 Å². The molecule has 2 aromatic rings. The molecular weight excluding hydrogens is 210 g/mol. The highest BCUT2D eigenvalue weighted by Crippen LogP contribution is 2.31. The minimum absolute atomic E-state index is 0.155. The average molecular weight is 220 g/mol. The minimum atomic E-state index is -0.905. The lowest BCUT2D eigenvalue weighted by atomic mass is 10.0. The van der Waals surface area contributed by atoms with Crippen LogP contribution < -0.4 is 11.5 Å². The molecule has 0 radical (unpaired) electrons. The summed E-state index contributed by atoms with van der Waals surface area (Å²) >= 11 is 0. The Hall–Kier alpha value is -2.10. The molecule has 0 saturated carbocycles.